The number of ether oxygens (including phenoxy) is 1. The molecule has 0 spiro atoms. The summed E-state index contributed by atoms with van der Waals surface area (Å²) in [5, 5.41) is 22.2. The first kappa shape index (κ1) is 20.2. The van der Waals surface area contributed by atoms with E-state index in [1.165, 1.54) is 7.11 Å². The zero-order chi connectivity index (χ0) is 21.8. The molecule has 0 fully saturated rings. The topological polar surface area (TPSA) is 66.8 Å². The number of hydrogen-bond donors (Lipinski definition) is 2. The third kappa shape index (κ3) is 4.14. The van der Waals surface area contributed by atoms with E-state index in [2.05, 4.69) is 0 Å². The maximum Gasteiger partial charge on any atom is 0.336 e. The lowest BCUT2D eigenvalue weighted by Gasteiger charge is -2.16. The number of methoxy groups -OCH3 is 1. The SMILES string of the molecule is COc1cc(/C(=C/c2ccccc2)C(=O)O)c2cccc(Cc3ccccc3)c2c1O. The molecule has 0 amide bonds. The smallest absolute Gasteiger partial charge is 0.336 e. The lowest BCUT2D eigenvalue weighted by atomic mass is 9.91. The summed E-state index contributed by atoms with van der Waals surface area (Å²) < 4.78 is 5.41. The van der Waals surface area contributed by atoms with E-state index in [1.54, 1.807) is 12.1 Å². The van der Waals surface area contributed by atoms with Crippen LogP contribution in [0, 0.1) is 0 Å². The first-order valence-electron chi connectivity index (χ1n) is 9.94. The molecule has 0 radical (unpaired) electrons. The molecule has 31 heavy (non-hydrogen) atoms. The minimum absolute atomic E-state index is 0.0113. The molecule has 4 nitrogen and oxygen atoms in total. The lowest BCUT2D eigenvalue weighted by Crippen LogP contribution is -2.02. The minimum Gasteiger partial charge on any atom is -0.504 e. The normalized spacial score (nSPS) is 11.5. The van der Waals surface area contributed by atoms with E-state index in [4.69, 9.17) is 4.74 Å². The molecule has 0 aliphatic rings. The number of aliphatic carboxylic acids is 1. The van der Waals surface area contributed by atoms with E-state index >= 15 is 0 Å². The van der Waals surface area contributed by atoms with Gasteiger partial charge in [0, 0.05) is 10.9 Å². The third-order valence-corrected chi connectivity index (χ3v) is 5.28. The Hall–Kier alpha value is -4.05. The number of fused-ring (bicyclic) bond motifs is 1. The number of rotatable bonds is 6. The lowest BCUT2D eigenvalue weighted by molar-refractivity contribution is -0.130. The summed E-state index contributed by atoms with van der Waals surface area (Å²) in [6.07, 6.45) is 2.24. The van der Waals surface area contributed by atoms with Crippen LogP contribution < -0.4 is 4.74 Å². The van der Waals surface area contributed by atoms with Crippen LogP contribution in [0.2, 0.25) is 0 Å². The van der Waals surface area contributed by atoms with Crippen molar-refractivity contribution in [3.63, 3.8) is 0 Å². The molecule has 0 unspecified atom stereocenters. The molecule has 4 aromatic rings. The highest BCUT2D eigenvalue weighted by Crippen LogP contribution is 2.42. The zero-order valence-electron chi connectivity index (χ0n) is 17.1. The van der Waals surface area contributed by atoms with Gasteiger partial charge >= 0.3 is 5.97 Å². The first-order chi connectivity index (χ1) is 15.1. The van der Waals surface area contributed by atoms with E-state index in [0.29, 0.717) is 22.8 Å². The minimum atomic E-state index is -1.05. The molecule has 0 heterocycles. The van der Waals surface area contributed by atoms with Crippen molar-refractivity contribution < 1.29 is 19.7 Å². The molecule has 154 valence electrons. The molecule has 0 aliphatic carbocycles. The number of hydrogen-bond acceptors (Lipinski definition) is 3. The van der Waals surface area contributed by atoms with Crippen LogP contribution in [0.25, 0.3) is 22.4 Å². The largest absolute Gasteiger partial charge is 0.504 e. The van der Waals surface area contributed by atoms with Gasteiger partial charge in [-0.3, -0.25) is 0 Å². The van der Waals surface area contributed by atoms with Gasteiger partial charge in [-0.05, 0) is 40.6 Å². The fraction of sp³-hybridized carbons (Fsp3) is 0.0741. The average molecular weight is 410 g/mol. The summed E-state index contributed by atoms with van der Waals surface area (Å²) >= 11 is 0. The summed E-state index contributed by atoms with van der Waals surface area (Å²) in [7, 11) is 1.46. The molecule has 4 heteroatoms. The number of phenols is 1. The molecule has 4 aromatic carbocycles. The second-order valence-electron chi connectivity index (χ2n) is 7.25. The summed E-state index contributed by atoms with van der Waals surface area (Å²) in [5.74, 6) is -0.799. The Morgan fingerprint density at radius 2 is 1.61 bits per heavy atom. The van der Waals surface area contributed by atoms with Crippen molar-refractivity contribution in [1.29, 1.82) is 0 Å². The Morgan fingerprint density at radius 1 is 0.935 bits per heavy atom. The molecule has 0 atom stereocenters. The number of carbonyl (C=O) groups is 1. The van der Waals surface area contributed by atoms with Crippen LogP contribution in [0.4, 0.5) is 0 Å². The van der Waals surface area contributed by atoms with Crippen molar-refractivity contribution in [2.24, 2.45) is 0 Å². The van der Waals surface area contributed by atoms with Gasteiger partial charge in [-0.15, -0.1) is 0 Å². The molecular formula is C27H22O4. The Bertz CT molecular complexity index is 1260. The highest BCUT2D eigenvalue weighted by Gasteiger charge is 2.21. The van der Waals surface area contributed by atoms with Crippen molar-refractivity contribution >= 4 is 28.4 Å². The molecule has 2 N–H and O–H groups in total. The van der Waals surface area contributed by atoms with E-state index < -0.39 is 5.97 Å². The van der Waals surface area contributed by atoms with Crippen molar-refractivity contribution in [2.75, 3.05) is 7.11 Å². The van der Waals surface area contributed by atoms with Crippen LogP contribution in [0.3, 0.4) is 0 Å². The maximum absolute atomic E-state index is 12.2. The van der Waals surface area contributed by atoms with Crippen LogP contribution >= 0.6 is 0 Å². The van der Waals surface area contributed by atoms with Gasteiger partial charge in [0.1, 0.15) is 0 Å². The van der Waals surface area contributed by atoms with E-state index in [0.717, 1.165) is 16.7 Å². The fourth-order valence-corrected chi connectivity index (χ4v) is 3.82. The molecular weight excluding hydrogens is 388 g/mol. The van der Waals surface area contributed by atoms with Gasteiger partial charge in [0.25, 0.3) is 0 Å². The van der Waals surface area contributed by atoms with Crippen molar-refractivity contribution in [3.05, 3.63) is 107 Å². The third-order valence-electron chi connectivity index (χ3n) is 5.28. The Morgan fingerprint density at radius 3 is 2.26 bits per heavy atom. The van der Waals surface area contributed by atoms with E-state index in [1.807, 2.05) is 78.9 Å². The number of phenolic OH excluding ortho intramolecular Hbond substituents is 1. The standard InChI is InChI=1S/C27H22O4/c1-31-24-17-22(23(27(29)30)16-19-11-6-3-7-12-19)21-14-8-13-20(25(21)26(24)28)15-18-9-4-2-5-10-18/h2-14,16-17,28H,15H2,1H3,(H,29,30)/b23-16-. The zero-order valence-corrected chi connectivity index (χ0v) is 17.1. The predicted molar refractivity (Wildman–Crippen MR) is 123 cm³/mol. The maximum atomic E-state index is 12.2. The molecule has 0 saturated heterocycles. The summed E-state index contributed by atoms with van der Waals surface area (Å²) in [4.78, 5) is 12.2. The first-order valence-corrected chi connectivity index (χ1v) is 9.94. The molecule has 4 rings (SSSR count). The number of carboxylic acid groups (broad SMARTS) is 1. The Balaban J connectivity index is 1.97. The number of aromatic hydroxyl groups is 1. The van der Waals surface area contributed by atoms with Gasteiger partial charge in [0.2, 0.25) is 0 Å². The molecule has 0 aromatic heterocycles. The van der Waals surface area contributed by atoms with Gasteiger partial charge in [-0.25, -0.2) is 4.79 Å². The predicted octanol–water partition coefficient (Wildman–Crippen LogP) is 5.77. The average Bonchev–Trinajstić information content (AvgIpc) is 2.79. The van der Waals surface area contributed by atoms with Gasteiger partial charge < -0.3 is 14.9 Å². The highest BCUT2D eigenvalue weighted by atomic mass is 16.5. The molecule has 0 bridgehead atoms. The highest BCUT2D eigenvalue weighted by molar-refractivity contribution is 6.24. The second kappa shape index (κ2) is 8.76. The van der Waals surface area contributed by atoms with Crippen LogP contribution in [0.15, 0.2) is 84.9 Å². The Labute approximate surface area is 180 Å². The monoisotopic (exact) mass is 410 g/mol. The van der Waals surface area contributed by atoms with Gasteiger partial charge in [0.15, 0.2) is 11.5 Å². The summed E-state index contributed by atoms with van der Waals surface area (Å²) in [6.45, 7) is 0. The second-order valence-corrected chi connectivity index (χ2v) is 7.25. The van der Waals surface area contributed by atoms with E-state index in [-0.39, 0.29) is 17.1 Å². The quantitative estimate of drug-likeness (QED) is 0.313. The molecule has 0 saturated carbocycles. The van der Waals surface area contributed by atoms with Crippen LogP contribution in [0.5, 0.6) is 11.5 Å². The van der Waals surface area contributed by atoms with Crippen molar-refractivity contribution in [3.8, 4) is 11.5 Å². The van der Waals surface area contributed by atoms with Gasteiger partial charge in [-0.1, -0.05) is 78.9 Å². The van der Waals surface area contributed by atoms with Crippen molar-refractivity contribution in [1.82, 2.24) is 0 Å². The fourth-order valence-electron chi connectivity index (χ4n) is 3.82. The van der Waals surface area contributed by atoms with E-state index in [9.17, 15) is 15.0 Å². The van der Waals surface area contributed by atoms with Gasteiger partial charge in [-0.2, -0.15) is 0 Å². The van der Waals surface area contributed by atoms with Crippen molar-refractivity contribution in [2.45, 2.75) is 6.42 Å². The number of carboxylic acids is 1. The van der Waals surface area contributed by atoms with Crippen LogP contribution in [-0.2, 0) is 11.2 Å². The van der Waals surface area contributed by atoms with Crippen LogP contribution in [0.1, 0.15) is 22.3 Å². The number of benzene rings is 4. The summed E-state index contributed by atoms with van der Waals surface area (Å²) in [5.41, 5.74) is 3.39. The Kier molecular flexibility index (Phi) is 5.72. The van der Waals surface area contributed by atoms with Crippen LogP contribution in [-0.4, -0.2) is 23.3 Å². The van der Waals surface area contributed by atoms with Gasteiger partial charge in [0.05, 0.1) is 12.7 Å². The molecule has 0 aliphatic heterocycles. The summed E-state index contributed by atoms with van der Waals surface area (Å²) in [6, 6.07) is 26.5.